The van der Waals surface area contributed by atoms with Crippen molar-refractivity contribution in [3.8, 4) is 6.07 Å². The molecule has 1 heteroatoms. The van der Waals surface area contributed by atoms with Crippen molar-refractivity contribution in [1.82, 2.24) is 0 Å². The molecule has 0 radical (unpaired) electrons. The second kappa shape index (κ2) is 8.02. The summed E-state index contributed by atoms with van der Waals surface area (Å²) in [5, 5.41) is 9.83. The Balaban J connectivity index is 1.93. The maximum Gasteiger partial charge on any atom is 0.0782 e. The first-order chi connectivity index (χ1) is 10.2. The summed E-state index contributed by atoms with van der Waals surface area (Å²) in [6.45, 7) is 4.57. The fourth-order valence-corrected chi connectivity index (χ4v) is 4.45. The molecule has 0 saturated heterocycles. The fraction of sp³-hybridized carbons (Fsp3) is 0.850. The Hall–Kier alpha value is -0.770. The Kier molecular flexibility index (Phi) is 6.34. The van der Waals surface area contributed by atoms with Gasteiger partial charge in [0, 0.05) is 0 Å². The van der Waals surface area contributed by atoms with Gasteiger partial charge in [-0.05, 0) is 56.8 Å². The third-order valence-corrected chi connectivity index (χ3v) is 5.97. The summed E-state index contributed by atoms with van der Waals surface area (Å²) in [6.07, 6.45) is 17.8. The summed E-state index contributed by atoms with van der Waals surface area (Å²) >= 11 is 0. The number of nitriles is 1. The number of hydrogen-bond donors (Lipinski definition) is 0. The van der Waals surface area contributed by atoms with Crippen LogP contribution in [0.3, 0.4) is 0 Å². The zero-order chi connectivity index (χ0) is 15.1. The number of nitrogens with zero attached hydrogens (tertiary/aromatic N) is 1. The number of allylic oxidation sites excluding steroid dienone is 2. The van der Waals surface area contributed by atoms with Crippen molar-refractivity contribution in [2.75, 3.05) is 0 Å². The van der Waals surface area contributed by atoms with Gasteiger partial charge in [0.1, 0.15) is 0 Å². The maximum atomic E-state index is 9.83. The van der Waals surface area contributed by atoms with Crippen molar-refractivity contribution in [3.63, 3.8) is 0 Å². The van der Waals surface area contributed by atoms with E-state index in [1.165, 1.54) is 69.8 Å². The highest BCUT2D eigenvalue weighted by molar-refractivity contribution is 5.26. The van der Waals surface area contributed by atoms with E-state index in [4.69, 9.17) is 0 Å². The summed E-state index contributed by atoms with van der Waals surface area (Å²) in [4.78, 5) is 0. The molecule has 0 aromatic heterocycles. The van der Waals surface area contributed by atoms with E-state index in [2.05, 4.69) is 26.0 Å². The van der Waals surface area contributed by atoms with Gasteiger partial charge < -0.3 is 0 Å². The Morgan fingerprint density at radius 2 is 1.86 bits per heavy atom. The molecular weight excluding hydrogens is 254 g/mol. The molecule has 118 valence electrons. The van der Waals surface area contributed by atoms with Crippen LogP contribution >= 0.6 is 0 Å². The third kappa shape index (κ3) is 4.12. The van der Waals surface area contributed by atoms with E-state index < -0.39 is 0 Å². The molecule has 1 saturated carbocycles. The van der Waals surface area contributed by atoms with Gasteiger partial charge in [0.15, 0.2) is 0 Å². The van der Waals surface area contributed by atoms with E-state index >= 15 is 0 Å². The van der Waals surface area contributed by atoms with Crippen LogP contribution in [-0.2, 0) is 0 Å². The first-order valence-corrected chi connectivity index (χ1v) is 9.34. The molecule has 2 rings (SSSR count). The van der Waals surface area contributed by atoms with Crippen LogP contribution < -0.4 is 0 Å². The highest BCUT2D eigenvalue weighted by Crippen LogP contribution is 2.48. The first-order valence-electron chi connectivity index (χ1n) is 9.34. The van der Waals surface area contributed by atoms with Crippen molar-refractivity contribution >= 4 is 0 Å². The Morgan fingerprint density at radius 1 is 1.10 bits per heavy atom. The summed E-state index contributed by atoms with van der Waals surface area (Å²) in [7, 11) is 0. The smallest absolute Gasteiger partial charge is 0.0782 e. The minimum absolute atomic E-state index is 0.0834. The van der Waals surface area contributed by atoms with Crippen molar-refractivity contribution in [3.05, 3.63) is 11.6 Å². The van der Waals surface area contributed by atoms with Gasteiger partial charge in [0.2, 0.25) is 0 Å². The lowest BCUT2D eigenvalue weighted by molar-refractivity contribution is 0.224. The molecule has 21 heavy (non-hydrogen) atoms. The molecule has 0 aliphatic heterocycles. The minimum atomic E-state index is -0.0834. The molecule has 0 spiro atoms. The lowest BCUT2D eigenvalue weighted by atomic mass is 9.64. The average Bonchev–Trinajstić information content (AvgIpc) is 2.55. The van der Waals surface area contributed by atoms with E-state index in [-0.39, 0.29) is 5.41 Å². The van der Waals surface area contributed by atoms with Gasteiger partial charge in [-0.15, -0.1) is 0 Å². The third-order valence-electron chi connectivity index (χ3n) is 5.97. The number of unbranched alkanes of at least 4 members (excludes halogenated alkanes) is 1. The molecule has 0 N–H and O–H groups in total. The van der Waals surface area contributed by atoms with Gasteiger partial charge in [-0.25, -0.2) is 0 Å². The van der Waals surface area contributed by atoms with Crippen molar-refractivity contribution in [2.24, 2.45) is 17.3 Å². The van der Waals surface area contributed by atoms with E-state index in [1.54, 1.807) is 0 Å². The quantitative estimate of drug-likeness (QED) is 0.518. The fourth-order valence-electron chi connectivity index (χ4n) is 4.45. The van der Waals surface area contributed by atoms with E-state index in [1.807, 2.05) is 0 Å². The Bertz CT molecular complexity index is 379. The van der Waals surface area contributed by atoms with Crippen LogP contribution in [0.2, 0.25) is 0 Å². The molecule has 0 heterocycles. The normalized spacial score (nSPS) is 33.3. The number of rotatable bonds is 6. The molecule has 2 aliphatic carbocycles. The van der Waals surface area contributed by atoms with Gasteiger partial charge in [-0.2, -0.15) is 5.26 Å². The predicted molar refractivity (Wildman–Crippen MR) is 89.9 cm³/mol. The Labute approximate surface area is 131 Å². The molecule has 0 aromatic rings. The van der Waals surface area contributed by atoms with Gasteiger partial charge in [0.25, 0.3) is 0 Å². The standard InChI is InChI=1S/C20H33N/c1-3-5-7-18-8-10-19(11-9-18)20(16-21)14-12-17(6-4-2)13-15-20/h10,17-18H,3-9,11-15H2,1-2H3/t17?,18-,20?/m0/s1. The second-order valence-corrected chi connectivity index (χ2v) is 7.44. The van der Waals surface area contributed by atoms with Crippen molar-refractivity contribution < 1.29 is 0 Å². The van der Waals surface area contributed by atoms with Gasteiger partial charge in [0.05, 0.1) is 11.5 Å². The molecule has 1 atom stereocenters. The van der Waals surface area contributed by atoms with Crippen LogP contribution in [0.5, 0.6) is 0 Å². The van der Waals surface area contributed by atoms with Crippen molar-refractivity contribution in [1.29, 1.82) is 5.26 Å². The average molecular weight is 287 g/mol. The van der Waals surface area contributed by atoms with Gasteiger partial charge in [-0.1, -0.05) is 57.6 Å². The van der Waals surface area contributed by atoms with Crippen molar-refractivity contribution in [2.45, 2.75) is 90.9 Å². The summed E-state index contributed by atoms with van der Waals surface area (Å²) < 4.78 is 0. The first kappa shape index (κ1) is 16.6. The Morgan fingerprint density at radius 3 is 2.38 bits per heavy atom. The highest BCUT2D eigenvalue weighted by atomic mass is 14.4. The molecule has 1 nitrogen and oxygen atoms in total. The molecule has 0 bridgehead atoms. The second-order valence-electron chi connectivity index (χ2n) is 7.44. The zero-order valence-corrected chi connectivity index (χ0v) is 14.2. The maximum absolute atomic E-state index is 9.83. The summed E-state index contributed by atoms with van der Waals surface area (Å²) in [5.74, 6) is 1.78. The molecule has 0 amide bonds. The molecular formula is C20H33N. The van der Waals surface area contributed by atoms with Crippen LogP contribution in [0.1, 0.15) is 90.9 Å². The van der Waals surface area contributed by atoms with Crippen LogP contribution in [0.15, 0.2) is 11.6 Å². The molecule has 1 fully saturated rings. The lowest BCUT2D eigenvalue weighted by Gasteiger charge is -2.39. The predicted octanol–water partition coefficient (Wildman–Crippen LogP) is 6.40. The van der Waals surface area contributed by atoms with Gasteiger partial charge in [-0.3, -0.25) is 0 Å². The van der Waals surface area contributed by atoms with Crippen LogP contribution in [0.25, 0.3) is 0 Å². The van der Waals surface area contributed by atoms with E-state index in [9.17, 15) is 5.26 Å². The molecule has 2 aliphatic rings. The van der Waals surface area contributed by atoms with Crippen LogP contribution in [-0.4, -0.2) is 0 Å². The molecule has 0 unspecified atom stereocenters. The van der Waals surface area contributed by atoms with E-state index in [0.717, 1.165) is 24.7 Å². The largest absolute Gasteiger partial charge is 0.197 e. The monoisotopic (exact) mass is 287 g/mol. The number of hydrogen-bond acceptors (Lipinski definition) is 1. The van der Waals surface area contributed by atoms with Gasteiger partial charge >= 0.3 is 0 Å². The zero-order valence-electron chi connectivity index (χ0n) is 14.2. The lowest BCUT2D eigenvalue weighted by Crippen LogP contribution is -2.29. The van der Waals surface area contributed by atoms with Crippen LogP contribution in [0.4, 0.5) is 0 Å². The summed E-state index contributed by atoms with van der Waals surface area (Å²) in [5.41, 5.74) is 1.42. The van der Waals surface area contributed by atoms with Crippen LogP contribution in [0, 0.1) is 28.6 Å². The molecule has 0 aromatic carbocycles. The minimum Gasteiger partial charge on any atom is -0.197 e. The van der Waals surface area contributed by atoms with E-state index in [0.29, 0.717) is 0 Å². The summed E-state index contributed by atoms with van der Waals surface area (Å²) in [6, 6.07) is 2.74. The topological polar surface area (TPSA) is 23.8 Å². The highest BCUT2D eigenvalue weighted by Gasteiger charge is 2.39. The SMILES string of the molecule is CCCC[C@H]1CC=C(C2(C#N)CCC(CCC)CC2)CC1.